The van der Waals surface area contributed by atoms with E-state index in [-0.39, 0.29) is 17.9 Å². The molecule has 1 N–H and O–H groups in total. The lowest BCUT2D eigenvalue weighted by atomic mass is 9.95. The molecule has 3 heterocycles. The first-order valence-electron chi connectivity index (χ1n) is 11.9. The Morgan fingerprint density at radius 3 is 2.71 bits per heavy atom. The number of amides is 2. The molecule has 0 saturated carbocycles. The zero-order valence-corrected chi connectivity index (χ0v) is 20.9. The molecule has 1 aliphatic carbocycles. The number of anilines is 1. The van der Waals surface area contributed by atoms with Crippen LogP contribution in [0.2, 0.25) is 5.02 Å². The number of rotatable bonds is 2. The average molecular weight is 506 g/mol. The van der Waals surface area contributed by atoms with E-state index in [1.165, 1.54) is 46.0 Å². The van der Waals surface area contributed by atoms with E-state index < -0.39 is 0 Å². The molecule has 4 nitrogen and oxygen atoms in total. The average Bonchev–Trinajstić information content (AvgIpc) is 3.44. The lowest BCUT2D eigenvalue weighted by molar-refractivity contribution is 0.194. The highest BCUT2D eigenvalue weighted by molar-refractivity contribution is 7.15. The monoisotopic (exact) mass is 505 g/mol. The summed E-state index contributed by atoms with van der Waals surface area (Å²) in [7, 11) is 0. The van der Waals surface area contributed by atoms with Crippen molar-refractivity contribution in [1.29, 1.82) is 0 Å². The first kappa shape index (κ1) is 22.4. The minimum absolute atomic E-state index is 0.207. The van der Waals surface area contributed by atoms with Crippen LogP contribution in [0.25, 0.3) is 5.00 Å². The predicted molar refractivity (Wildman–Crippen MR) is 139 cm³/mol. The largest absolute Gasteiger partial charge is 0.322 e. The number of hydrogen-bond donors (Lipinski definition) is 1. The summed E-state index contributed by atoms with van der Waals surface area (Å²) >= 11 is 8.08. The molecule has 0 unspecified atom stereocenters. The predicted octanol–water partition coefficient (Wildman–Crippen LogP) is 7.66. The summed E-state index contributed by atoms with van der Waals surface area (Å²) in [5.74, 6) is -0.295. The van der Waals surface area contributed by atoms with Crippen LogP contribution in [0, 0.1) is 12.7 Å². The molecule has 4 aromatic rings. The van der Waals surface area contributed by atoms with Crippen molar-refractivity contribution in [3.8, 4) is 5.00 Å². The highest BCUT2D eigenvalue weighted by Gasteiger charge is 2.36. The van der Waals surface area contributed by atoms with Gasteiger partial charge in [0, 0.05) is 27.3 Å². The van der Waals surface area contributed by atoms with E-state index in [1.54, 1.807) is 18.2 Å². The van der Waals surface area contributed by atoms with Crippen molar-refractivity contribution < 1.29 is 9.18 Å². The maximum atomic E-state index is 14.0. The molecule has 0 spiro atoms. The maximum Gasteiger partial charge on any atom is 0.322 e. The van der Waals surface area contributed by atoms with E-state index >= 15 is 0 Å². The number of nitrogens with one attached hydrogen (secondary N) is 1. The van der Waals surface area contributed by atoms with Crippen LogP contribution in [0.5, 0.6) is 0 Å². The summed E-state index contributed by atoms with van der Waals surface area (Å²) in [6.07, 6.45) is 6.60. The molecule has 0 radical (unpaired) electrons. The second kappa shape index (κ2) is 8.85. The van der Waals surface area contributed by atoms with Crippen molar-refractivity contribution >= 4 is 34.7 Å². The van der Waals surface area contributed by atoms with E-state index in [0.717, 1.165) is 29.7 Å². The van der Waals surface area contributed by atoms with Gasteiger partial charge in [-0.2, -0.15) is 0 Å². The zero-order chi connectivity index (χ0) is 24.1. The highest BCUT2D eigenvalue weighted by Crippen LogP contribution is 2.44. The fraction of sp³-hybridized carbons (Fsp3) is 0.250. The van der Waals surface area contributed by atoms with Crippen molar-refractivity contribution in [3.05, 3.63) is 104 Å². The van der Waals surface area contributed by atoms with Crippen LogP contribution in [-0.2, 0) is 19.4 Å². The van der Waals surface area contributed by atoms with Crippen molar-refractivity contribution in [1.82, 2.24) is 9.47 Å². The first-order valence-corrected chi connectivity index (χ1v) is 13.1. The fourth-order valence-electron chi connectivity index (χ4n) is 5.30. The summed E-state index contributed by atoms with van der Waals surface area (Å²) in [6, 6.07) is 15.5. The van der Waals surface area contributed by atoms with Crippen molar-refractivity contribution in [2.75, 3.05) is 5.32 Å². The lowest BCUT2D eigenvalue weighted by Crippen LogP contribution is -2.38. The Balaban J connectivity index is 1.50. The van der Waals surface area contributed by atoms with E-state index in [0.29, 0.717) is 17.3 Å². The minimum atomic E-state index is -0.371. The van der Waals surface area contributed by atoms with Gasteiger partial charge in [0.2, 0.25) is 0 Å². The first-order chi connectivity index (χ1) is 17.0. The van der Waals surface area contributed by atoms with Gasteiger partial charge in [0.05, 0.1) is 18.3 Å². The van der Waals surface area contributed by atoms with Crippen LogP contribution >= 0.6 is 22.9 Å². The Kier molecular flexibility index (Phi) is 5.66. The number of carbonyl (C=O) groups is 1. The molecular weight excluding hydrogens is 481 g/mol. The Hall–Kier alpha value is -3.09. The number of carbonyl (C=O) groups excluding carboxylic acids is 1. The number of aryl methyl sites for hydroxylation is 2. The number of benzene rings is 2. The van der Waals surface area contributed by atoms with Crippen molar-refractivity contribution in [3.63, 3.8) is 0 Å². The van der Waals surface area contributed by atoms with Crippen LogP contribution in [-0.4, -0.2) is 15.5 Å². The smallest absolute Gasteiger partial charge is 0.310 e. The SMILES string of the molecule is Cc1ccc(Cl)cc1NC(=O)N1Cc2c(sc3c2CCCC3)-n2cccc2[C@H]1c1ccc(F)cc1. The van der Waals surface area contributed by atoms with Crippen LogP contribution in [0.15, 0.2) is 60.8 Å². The molecule has 6 rings (SSSR count). The number of halogens is 2. The Labute approximate surface area is 213 Å². The summed E-state index contributed by atoms with van der Waals surface area (Å²) in [5, 5.41) is 4.87. The minimum Gasteiger partial charge on any atom is -0.310 e. The van der Waals surface area contributed by atoms with Crippen LogP contribution < -0.4 is 5.32 Å². The van der Waals surface area contributed by atoms with Gasteiger partial charge >= 0.3 is 6.03 Å². The van der Waals surface area contributed by atoms with Crippen molar-refractivity contribution in [2.45, 2.75) is 45.2 Å². The maximum absolute atomic E-state index is 14.0. The number of aromatic nitrogens is 1. The third-order valence-corrected chi connectivity index (χ3v) is 8.64. The fourth-order valence-corrected chi connectivity index (χ4v) is 6.87. The van der Waals surface area contributed by atoms with Gasteiger partial charge in [-0.05, 0) is 85.7 Å². The number of urea groups is 1. The third kappa shape index (κ3) is 3.95. The van der Waals surface area contributed by atoms with Gasteiger partial charge in [-0.15, -0.1) is 11.3 Å². The second-order valence-corrected chi connectivity index (χ2v) is 10.8. The zero-order valence-electron chi connectivity index (χ0n) is 19.4. The van der Waals surface area contributed by atoms with Gasteiger partial charge in [-0.1, -0.05) is 29.8 Å². The second-order valence-electron chi connectivity index (χ2n) is 9.27. The molecule has 35 heavy (non-hydrogen) atoms. The standard InChI is InChI=1S/C28H25ClFN3OS/c1-17-8-11-19(29)15-23(17)31-28(34)33-16-22-21-5-2-3-7-25(21)35-27(22)32-14-4-6-24(32)26(33)18-9-12-20(30)13-10-18/h4,6,8-15,26H,2-3,5,7,16H2,1H3,(H,31,34)/t26-/m1/s1. The molecule has 178 valence electrons. The Morgan fingerprint density at radius 2 is 1.89 bits per heavy atom. The summed E-state index contributed by atoms with van der Waals surface area (Å²) in [5.41, 5.74) is 6.11. The van der Waals surface area contributed by atoms with E-state index in [2.05, 4.69) is 22.1 Å². The molecule has 0 saturated heterocycles. The molecule has 2 aliphatic rings. The Morgan fingerprint density at radius 1 is 1.09 bits per heavy atom. The van der Waals surface area contributed by atoms with Crippen LogP contribution in [0.3, 0.4) is 0 Å². The quantitative estimate of drug-likeness (QED) is 0.298. The molecule has 1 atom stereocenters. The molecule has 2 aromatic carbocycles. The summed E-state index contributed by atoms with van der Waals surface area (Å²) in [6.45, 7) is 2.43. The van der Waals surface area contributed by atoms with Gasteiger partial charge in [0.1, 0.15) is 10.8 Å². The molecule has 2 amide bonds. The van der Waals surface area contributed by atoms with Gasteiger partial charge < -0.3 is 14.8 Å². The topological polar surface area (TPSA) is 37.3 Å². The van der Waals surface area contributed by atoms with E-state index in [4.69, 9.17) is 11.6 Å². The molecular formula is C28H25ClFN3OS. The Bertz CT molecular complexity index is 1420. The van der Waals surface area contributed by atoms with Gasteiger partial charge in [-0.25, -0.2) is 9.18 Å². The van der Waals surface area contributed by atoms with Crippen LogP contribution in [0.4, 0.5) is 14.9 Å². The molecule has 1 aliphatic heterocycles. The number of nitrogens with zero attached hydrogens (tertiary/aromatic N) is 2. The molecule has 0 bridgehead atoms. The lowest BCUT2D eigenvalue weighted by Gasteiger charge is -2.31. The molecule has 0 fully saturated rings. The number of fused-ring (bicyclic) bond motifs is 5. The third-order valence-electron chi connectivity index (χ3n) is 7.07. The van der Waals surface area contributed by atoms with E-state index in [1.807, 2.05) is 41.4 Å². The van der Waals surface area contributed by atoms with Gasteiger partial charge in [-0.3, -0.25) is 0 Å². The molecule has 2 aromatic heterocycles. The number of hydrogen-bond acceptors (Lipinski definition) is 2. The molecule has 7 heteroatoms. The van der Waals surface area contributed by atoms with Crippen LogP contribution in [0.1, 0.15) is 51.7 Å². The van der Waals surface area contributed by atoms with Gasteiger partial charge in [0.25, 0.3) is 0 Å². The van der Waals surface area contributed by atoms with Crippen molar-refractivity contribution in [2.24, 2.45) is 0 Å². The normalized spacial score (nSPS) is 16.8. The highest BCUT2D eigenvalue weighted by atomic mass is 35.5. The summed E-state index contributed by atoms with van der Waals surface area (Å²) < 4.78 is 16.1. The van der Waals surface area contributed by atoms with Gasteiger partial charge in [0.15, 0.2) is 0 Å². The summed E-state index contributed by atoms with van der Waals surface area (Å²) in [4.78, 5) is 17.3. The number of thiophene rings is 1. The van der Waals surface area contributed by atoms with E-state index in [9.17, 15) is 9.18 Å².